The molecule has 2 unspecified atom stereocenters. The first-order valence-corrected chi connectivity index (χ1v) is 7.79. The van der Waals surface area contributed by atoms with Crippen molar-refractivity contribution in [3.8, 4) is 5.75 Å². The maximum atomic E-state index is 9.60. The summed E-state index contributed by atoms with van der Waals surface area (Å²) in [6.07, 6.45) is 0. The van der Waals surface area contributed by atoms with Crippen LogP contribution in [0.1, 0.15) is 43.5 Å². The summed E-state index contributed by atoms with van der Waals surface area (Å²) >= 11 is 0. The largest absolute Gasteiger partial charge is 0.493 e. The van der Waals surface area contributed by atoms with Gasteiger partial charge in [-0.3, -0.25) is 0 Å². The van der Waals surface area contributed by atoms with Crippen LogP contribution in [0.4, 0.5) is 0 Å². The lowest BCUT2D eigenvalue weighted by Gasteiger charge is -2.32. The van der Waals surface area contributed by atoms with Crippen molar-refractivity contribution in [2.75, 3.05) is 27.3 Å². The van der Waals surface area contributed by atoms with Crippen LogP contribution in [0.25, 0.3) is 0 Å². The molecule has 0 aliphatic rings. The standard InChI is InChI=1S/C18H31NO2/c1-12(2)11-21-18-14(4)8-13(3)9-16(18)17(19(6)7)15(5)10-20/h8-9,12,15,17,20H,10-11H2,1-7H3. The van der Waals surface area contributed by atoms with Gasteiger partial charge < -0.3 is 14.7 Å². The Kier molecular flexibility index (Phi) is 6.69. The molecule has 0 aromatic heterocycles. The monoisotopic (exact) mass is 293 g/mol. The first-order valence-electron chi connectivity index (χ1n) is 7.79. The number of benzene rings is 1. The second kappa shape index (κ2) is 7.81. The molecule has 0 saturated heterocycles. The van der Waals surface area contributed by atoms with Gasteiger partial charge in [-0.15, -0.1) is 0 Å². The first kappa shape index (κ1) is 18.0. The highest BCUT2D eigenvalue weighted by molar-refractivity contribution is 5.46. The molecule has 1 aromatic rings. The predicted octanol–water partition coefficient (Wildman–Crippen LogP) is 3.57. The van der Waals surface area contributed by atoms with Crippen molar-refractivity contribution in [2.45, 2.75) is 40.7 Å². The lowest BCUT2D eigenvalue weighted by molar-refractivity contribution is 0.141. The van der Waals surface area contributed by atoms with E-state index in [1.807, 2.05) is 0 Å². The Hall–Kier alpha value is -1.06. The summed E-state index contributed by atoms with van der Waals surface area (Å²) in [6, 6.07) is 4.50. The van der Waals surface area contributed by atoms with E-state index in [2.05, 4.69) is 65.7 Å². The van der Waals surface area contributed by atoms with Gasteiger partial charge in [0, 0.05) is 18.2 Å². The SMILES string of the molecule is Cc1cc(C)c(OCC(C)C)c(C(C(C)CO)N(C)C)c1. The molecule has 120 valence electrons. The summed E-state index contributed by atoms with van der Waals surface area (Å²) in [5.41, 5.74) is 3.58. The second-order valence-electron chi connectivity index (χ2n) is 6.77. The average Bonchev–Trinajstić information content (AvgIpc) is 2.36. The van der Waals surface area contributed by atoms with Crippen molar-refractivity contribution in [1.82, 2.24) is 4.90 Å². The highest BCUT2D eigenvalue weighted by Gasteiger charge is 2.25. The summed E-state index contributed by atoms with van der Waals surface area (Å²) in [5, 5.41) is 9.60. The van der Waals surface area contributed by atoms with Gasteiger partial charge in [0.25, 0.3) is 0 Å². The molecule has 3 nitrogen and oxygen atoms in total. The maximum Gasteiger partial charge on any atom is 0.127 e. The van der Waals surface area contributed by atoms with E-state index in [9.17, 15) is 5.11 Å². The number of rotatable bonds is 7. The molecule has 0 fully saturated rings. The lowest BCUT2D eigenvalue weighted by atomic mass is 9.90. The molecule has 21 heavy (non-hydrogen) atoms. The molecule has 3 heteroatoms. The minimum atomic E-state index is 0.149. The summed E-state index contributed by atoms with van der Waals surface area (Å²) in [7, 11) is 4.11. The summed E-state index contributed by atoms with van der Waals surface area (Å²) in [6.45, 7) is 11.5. The summed E-state index contributed by atoms with van der Waals surface area (Å²) in [5.74, 6) is 1.63. The number of nitrogens with zero attached hydrogens (tertiary/aromatic N) is 1. The van der Waals surface area contributed by atoms with Gasteiger partial charge in [-0.1, -0.05) is 38.5 Å². The van der Waals surface area contributed by atoms with E-state index in [0.717, 1.165) is 5.75 Å². The zero-order valence-corrected chi connectivity index (χ0v) is 14.6. The van der Waals surface area contributed by atoms with Crippen LogP contribution in [-0.2, 0) is 0 Å². The Morgan fingerprint density at radius 3 is 2.24 bits per heavy atom. The molecule has 0 aliphatic carbocycles. The van der Waals surface area contributed by atoms with Crippen LogP contribution >= 0.6 is 0 Å². The fourth-order valence-electron chi connectivity index (χ4n) is 2.85. The molecule has 0 radical (unpaired) electrons. The van der Waals surface area contributed by atoms with E-state index in [1.54, 1.807) is 0 Å². The van der Waals surface area contributed by atoms with Crippen LogP contribution in [0.15, 0.2) is 12.1 Å². The Morgan fingerprint density at radius 2 is 1.76 bits per heavy atom. The van der Waals surface area contributed by atoms with Crippen molar-refractivity contribution >= 4 is 0 Å². The fraction of sp³-hybridized carbons (Fsp3) is 0.667. The third kappa shape index (κ3) is 4.72. The molecule has 1 rings (SSSR count). The van der Waals surface area contributed by atoms with E-state index in [1.165, 1.54) is 16.7 Å². The van der Waals surface area contributed by atoms with Crippen molar-refractivity contribution in [2.24, 2.45) is 11.8 Å². The van der Waals surface area contributed by atoms with Crippen LogP contribution < -0.4 is 4.74 Å². The minimum Gasteiger partial charge on any atom is -0.493 e. The molecule has 1 N–H and O–H groups in total. The van der Waals surface area contributed by atoms with Gasteiger partial charge in [-0.05, 0) is 45.3 Å². The van der Waals surface area contributed by atoms with Crippen LogP contribution in [0, 0.1) is 25.7 Å². The van der Waals surface area contributed by atoms with E-state index >= 15 is 0 Å². The summed E-state index contributed by atoms with van der Waals surface area (Å²) < 4.78 is 6.10. The number of aryl methyl sites for hydroxylation is 2. The molecule has 0 saturated carbocycles. The van der Waals surface area contributed by atoms with Gasteiger partial charge >= 0.3 is 0 Å². The zero-order chi connectivity index (χ0) is 16.2. The first-order chi connectivity index (χ1) is 9.77. The van der Waals surface area contributed by atoms with Gasteiger partial charge in [-0.2, -0.15) is 0 Å². The zero-order valence-electron chi connectivity index (χ0n) is 14.6. The molecule has 0 bridgehead atoms. The molecule has 2 atom stereocenters. The minimum absolute atomic E-state index is 0.149. The molecule has 0 spiro atoms. The Labute approximate surface area is 129 Å². The average molecular weight is 293 g/mol. The quantitative estimate of drug-likeness (QED) is 0.834. The fourth-order valence-corrected chi connectivity index (χ4v) is 2.85. The lowest BCUT2D eigenvalue weighted by Crippen LogP contribution is -2.28. The molecular weight excluding hydrogens is 262 g/mol. The smallest absolute Gasteiger partial charge is 0.127 e. The topological polar surface area (TPSA) is 32.7 Å². The normalized spacial score (nSPS) is 14.6. The number of hydrogen-bond donors (Lipinski definition) is 1. The van der Waals surface area contributed by atoms with Crippen molar-refractivity contribution in [3.63, 3.8) is 0 Å². The van der Waals surface area contributed by atoms with Crippen LogP contribution in [-0.4, -0.2) is 37.3 Å². The Morgan fingerprint density at radius 1 is 1.14 bits per heavy atom. The number of aliphatic hydroxyl groups excluding tert-OH is 1. The van der Waals surface area contributed by atoms with Crippen molar-refractivity contribution in [3.05, 3.63) is 28.8 Å². The highest BCUT2D eigenvalue weighted by Crippen LogP contribution is 2.36. The van der Waals surface area contributed by atoms with Gasteiger partial charge in [0.05, 0.1) is 6.61 Å². The molecular formula is C18H31NO2. The molecule has 0 heterocycles. The van der Waals surface area contributed by atoms with Gasteiger partial charge in [-0.25, -0.2) is 0 Å². The van der Waals surface area contributed by atoms with Crippen molar-refractivity contribution < 1.29 is 9.84 Å². The van der Waals surface area contributed by atoms with Crippen LogP contribution in [0.3, 0.4) is 0 Å². The van der Waals surface area contributed by atoms with Gasteiger partial charge in [0.15, 0.2) is 0 Å². The van der Waals surface area contributed by atoms with Crippen LogP contribution in [0.2, 0.25) is 0 Å². The maximum absolute atomic E-state index is 9.60. The third-order valence-electron chi connectivity index (χ3n) is 3.71. The number of aliphatic hydroxyl groups is 1. The van der Waals surface area contributed by atoms with Crippen LogP contribution in [0.5, 0.6) is 5.75 Å². The van der Waals surface area contributed by atoms with E-state index in [4.69, 9.17) is 4.74 Å². The Balaban J connectivity index is 3.29. The second-order valence-corrected chi connectivity index (χ2v) is 6.77. The van der Waals surface area contributed by atoms with E-state index in [-0.39, 0.29) is 18.6 Å². The van der Waals surface area contributed by atoms with E-state index in [0.29, 0.717) is 12.5 Å². The molecule has 1 aromatic carbocycles. The third-order valence-corrected chi connectivity index (χ3v) is 3.71. The Bertz CT molecular complexity index is 455. The number of hydrogen-bond acceptors (Lipinski definition) is 3. The van der Waals surface area contributed by atoms with E-state index < -0.39 is 0 Å². The van der Waals surface area contributed by atoms with Gasteiger partial charge in [0.1, 0.15) is 5.75 Å². The van der Waals surface area contributed by atoms with Gasteiger partial charge in [0.2, 0.25) is 0 Å². The van der Waals surface area contributed by atoms with Crippen molar-refractivity contribution in [1.29, 1.82) is 0 Å². The predicted molar refractivity (Wildman–Crippen MR) is 88.9 cm³/mol. The number of ether oxygens (including phenoxy) is 1. The highest BCUT2D eigenvalue weighted by atomic mass is 16.5. The summed E-state index contributed by atoms with van der Waals surface area (Å²) in [4.78, 5) is 2.16. The molecule has 0 aliphatic heterocycles. The molecule has 0 amide bonds.